The molecule has 3 aromatic heterocycles. The number of ether oxygens (including phenoxy) is 4. The monoisotopic (exact) mass is 731 g/mol. The number of nitrogens with two attached hydrogens (primary N) is 1. The van der Waals surface area contributed by atoms with E-state index in [1.807, 2.05) is 0 Å². The molecule has 8 atom stereocenters. The SMILES string of the molecule is COC(=O)c1cscc1NC(=O)[C@@H]1OC2C(COP(=O)([O-])OP(=O)([O-])OP(=O)([O-])O)OC(n3cnc4c(=S)nc(N)[nH]c43)C2O1. The van der Waals surface area contributed by atoms with Gasteiger partial charge in [-0.05, 0) is 0 Å². The molecule has 0 bridgehead atoms. The van der Waals surface area contributed by atoms with E-state index >= 15 is 0 Å². The van der Waals surface area contributed by atoms with Gasteiger partial charge in [0.25, 0.3) is 29.4 Å². The lowest BCUT2D eigenvalue weighted by atomic mass is 10.1. The second-order valence-corrected chi connectivity index (χ2v) is 14.3. The van der Waals surface area contributed by atoms with E-state index in [2.05, 4.69) is 38.2 Å². The number of esters is 1. The average molecular weight is 731 g/mol. The van der Waals surface area contributed by atoms with Gasteiger partial charge in [-0.1, -0.05) is 12.2 Å². The van der Waals surface area contributed by atoms with Gasteiger partial charge in [-0.25, -0.2) is 23.4 Å². The lowest BCUT2D eigenvalue weighted by Crippen LogP contribution is -2.34. The molecule has 2 fully saturated rings. The maximum atomic E-state index is 13.1. The van der Waals surface area contributed by atoms with Crippen LogP contribution in [0.5, 0.6) is 0 Å². The first-order valence-electron chi connectivity index (χ1n) is 11.8. The van der Waals surface area contributed by atoms with E-state index in [0.717, 1.165) is 18.4 Å². The van der Waals surface area contributed by atoms with Crippen molar-refractivity contribution in [3.8, 4) is 0 Å². The summed E-state index contributed by atoms with van der Waals surface area (Å²) in [6, 6.07) is 0. The van der Waals surface area contributed by atoms with Gasteiger partial charge >= 0.3 is 5.97 Å². The van der Waals surface area contributed by atoms with Gasteiger partial charge in [0.1, 0.15) is 29.5 Å². The van der Waals surface area contributed by atoms with Crippen LogP contribution in [0.25, 0.3) is 11.2 Å². The van der Waals surface area contributed by atoms with Crippen molar-refractivity contribution in [1.82, 2.24) is 19.5 Å². The number of methoxy groups -OCH3 is 1. The van der Waals surface area contributed by atoms with Crippen LogP contribution in [0.3, 0.4) is 0 Å². The van der Waals surface area contributed by atoms with Crippen molar-refractivity contribution in [1.29, 1.82) is 0 Å². The summed E-state index contributed by atoms with van der Waals surface area (Å²) in [6.45, 7) is -1.03. The number of aromatic amines is 1. The highest BCUT2D eigenvalue weighted by molar-refractivity contribution is 7.71. The molecule has 0 spiro atoms. The molecule has 5 rings (SSSR count). The Bertz CT molecular complexity index is 1840. The molecule has 5 heterocycles. The van der Waals surface area contributed by atoms with Gasteiger partial charge in [-0.15, -0.1) is 11.3 Å². The first-order valence-corrected chi connectivity index (χ1v) is 17.6. The Balaban J connectivity index is 1.39. The van der Waals surface area contributed by atoms with E-state index in [-0.39, 0.29) is 33.0 Å². The van der Waals surface area contributed by atoms with Crippen molar-refractivity contribution >= 4 is 81.7 Å². The summed E-state index contributed by atoms with van der Waals surface area (Å²) in [5.74, 6) is -1.71. The molecular formula is C18H18N6O16P3S2-3. The number of imidazole rings is 1. The largest absolute Gasteiger partial charge is 0.756 e. The van der Waals surface area contributed by atoms with Crippen LogP contribution in [-0.4, -0.2) is 74.6 Å². The number of hydrogen-bond acceptors (Lipinski definition) is 20. The zero-order valence-corrected chi connectivity index (χ0v) is 26.3. The second kappa shape index (κ2) is 12.6. The topological polar surface area (TPSA) is 324 Å². The number of nitrogens with one attached hydrogen (secondary N) is 2. The Hall–Kier alpha value is -2.50. The molecule has 2 aliphatic rings. The maximum Gasteiger partial charge on any atom is 0.340 e. The second-order valence-electron chi connectivity index (χ2n) is 8.88. The fourth-order valence-corrected chi connectivity index (χ4v) is 8.16. The van der Waals surface area contributed by atoms with Crippen molar-refractivity contribution in [3.63, 3.8) is 0 Å². The molecule has 45 heavy (non-hydrogen) atoms. The van der Waals surface area contributed by atoms with Crippen LogP contribution in [0, 0.1) is 4.64 Å². The third-order valence-corrected chi connectivity index (χ3v) is 10.6. The number of nitrogen functional groups attached to an aromatic ring is 1. The summed E-state index contributed by atoms with van der Waals surface area (Å²) < 4.78 is 69.4. The van der Waals surface area contributed by atoms with E-state index in [1.54, 1.807) is 0 Å². The normalized spacial score (nSPS) is 26.9. The predicted octanol–water partition coefficient (Wildman–Crippen LogP) is -0.987. The molecule has 0 radical (unpaired) electrons. The standard InChI is InChI=1S/C18H21N6O16P3S2/c1-34-16(26)6-3-45-4-7(6)21-13(25)17-37-10-8(2-35-42(30,31)40-43(32,33)39-41(27,28)29)36-15(11(10)38-17)24-5-20-9-12(24)22-18(19)23-14(9)44/h3-5,8,10-11,15,17H,2H2,1H3,(H,21,25)(H,30,31)(H,32,33)(H2,27,28,29)(H3,19,22,23,44)/p-3/t8?,10?,11?,15?,17-/m1/s1. The van der Waals surface area contributed by atoms with E-state index in [9.17, 15) is 38.0 Å². The molecule has 22 nitrogen and oxygen atoms in total. The number of hydrogen-bond donors (Lipinski definition) is 4. The van der Waals surface area contributed by atoms with Crippen LogP contribution >= 0.6 is 47.0 Å². The van der Waals surface area contributed by atoms with Gasteiger partial charge in [0, 0.05) is 10.8 Å². The number of aromatic nitrogens is 4. The molecule has 5 N–H and O–H groups in total. The number of carbonyl (C=O) groups excluding carboxylic acids is 2. The zero-order valence-electron chi connectivity index (χ0n) is 22.0. The molecule has 0 aliphatic carbocycles. The van der Waals surface area contributed by atoms with Crippen LogP contribution < -0.4 is 25.7 Å². The summed E-state index contributed by atoms with van der Waals surface area (Å²) >= 11 is 6.26. The fourth-order valence-electron chi connectivity index (χ4n) is 4.27. The van der Waals surface area contributed by atoms with Crippen LogP contribution in [0.1, 0.15) is 16.6 Å². The third kappa shape index (κ3) is 7.57. The summed E-state index contributed by atoms with van der Waals surface area (Å²) in [7, 11) is -16.9. The number of phosphoric acid groups is 3. The molecule has 0 aromatic carbocycles. The van der Waals surface area contributed by atoms with Crippen LogP contribution in [0.4, 0.5) is 11.6 Å². The van der Waals surface area contributed by atoms with Crippen LogP contribution in [-0.2, 0) is 50.6 Å². The number of fused-ring (bicyclic) bond motifs is 2. The highest BCUT2D eigenvalue weighted by atomic mass is 32.1. The zero-order chi connectivity index (χ0) is 32.9. The van der Waals surface area contributed by atoms with E-state index in [1.165, 1.54) is 21.7 Å². The van der Waals surface area contributed by atoms with E-state index < -0.39 is 72.8 Å². The molecular weight excluding hydrogens is 713 g/mol. The van der Waals surface area contributed by atoms with Crippen molar-refractivity contribution in [2.75, 3.05) is 24.8 Å². The molecule has 27 heteroatoms. The Morgan fingerprint density at radius 3 is 2.58 bits per heavy atom. The Labute approximate surface area is 258 Å². The highest BCUT2D eigenvalue weighted by Gasteiger charge is 2.55. The number of rotatable bonds is 11. The lowest BCUT2D eigenvalue weighted by molar-refractivity contribution is -0.250. The molecule has 2 aliphatic heterocycles. The van der Waals surface area contributed by atoms with Gasteiger partial charge in [-0.3, -0.25) is 23.1 Å². The number of thiophene rings is 1. The average Bonchev–Trinajstić information content (AvgIpc) is 3.68. The molecule has 0 saturated carbocycles. The van der Waals surface area contributed by atoms with E-state index in [0.29, 0.717) is 0 Å². The first kappa shape index (κ1) is 33.9. The van der Waals surface area contributed by atoms with Gasteiger partial charge in [0.05, 0.1) is 31.3 Å². The third-order valence-electron chi connectivity index (χ3n) is 5.93. The summed E-state index contributed by atoms with van der Waals surface area (Å²) in [4.78, 5) is 78.9. The molecule has 1 amide bonds. The molecule has 7 unspecified atom stereocenters. The number of phosphoric ester groups is 1. The van der Waals surface area contributed by atoms with Crippen molar-refractivity contribution in [3.05, 3.63) is 27.3 Å². The van der Waals surface area contributed by atoms with Gasteiger partial charge < -0.3 is 59.1 Å². The number of nitrogens with zero attached hydrogens (tertiary/aromatic N) is 3. The minimum atomic E-state index is -6.17. The Morgan fingerprint density at radius 2 is 1.89 bits per heavy atom. The lowest BCUT2D eigenvalue weighted by Gasteiger charge is -2.33. The number of amides is 1. The minimum Gasteiger partial charge on any atom is -0.756 e. The van der Waals surface area contributed by atoms with Gasteiger partial charge in [0.15, 0.2) is 16.8 Å². The number of anilines is 2. The first-order chi connectivity index (χ1) is 21.0. The predicted molar refractivity (Wildman–Crippen MR) is 142 cm³/mol. The molecule has 246 valence electrons. The molecule has 3 aromatic rings. The number of H-pyrrole nitrogens is 1. The Kier molecular flexibility index (Phi) is 9.48. The number of carbonyl (C=O) groups is 2. The van der Waals surface area contributed by atoms with Gasteiger partial charge in [-0.2, -0.15) is 0 Å². The quantitative estimate of drug-likeness (QED) is 0.104. The smallest absolute Gasteiger partial charge is 0.340 e. The maximum absolute atomic E-state index is 13.1. The fraction of sp³-hybridized carbons (Fsp3) is 0.389. The minimum absolute atomic E-state index is 0.0201. The van der Waals surface area contributed by atoms with Crippen molar-refractivity contribution in [2.24, 2.45) is 0 Å². The van der Waals surface area contributed by atoms with Crippen molar-refractivity contribution < 1.29 is 75.0 Å². The molecule has 2 saturated heterocycles. The van der Waals surface area contributed by atoms with Crippen LogP contribution in [0.2, 0.25) is 0 Å². The summed E-state index contributed by atoms with van der Waals surface area (Å²) in [5.41, 5.74) is 6.28. The van der Waals surface area contributed by atoms with Crippen LogP contribution in [0.15, 0.2) is 17.1 Å². The highest BCUT2D eigenvalue weighted by Crippen LogP contribution is 2.61. The van der Waals surface area contributed by atoms with Gasteiger partial charge in [0.2, 0.25) is 6.29 Å². The summed E-state index contributed by atoms with van der Waals surface area (Å²) in [5, 5.41) is 5.35. The van der Waals surface area contributed by atoms with E-state index in [4.69, 9.17) is 37.1 Å². The van der Waals surface area contributed by atoms with Crippen molar-refractivity contribution in [2.45, 2.75) is 30.8 Å². The summed E-state index contributed by atoms with van der Waals surface area (Å²) in [6.07, 6.45) is -5.59. The Morgan fingerprint density at radius 1 is 1.18 bits per heavy atom.